The maximum Gasteiger partial charge on any atom is 0.260 e. The molecule has 6 heteroatoms. The van der Waals surface area contributed by atoms with Crippen molar-refractivity contribution in [2.45, 2.75) is 45.8 Å². The zero-order chi connectivity index (χ0) is 18.3. The highest BCUT2D eigenvalue weighted by molar-refractivity contribution is 5.96. The molecule has 0 spiro atoms. The van der Waals surface area contributed by atoms with E-state index in [1.807, 2.05) is 43.1 Å². The van der Waals surface area contributed by atoms with E-state index in [4.69, 9.17) is 4.52 Å². The van der Waals surface area contributed by atoms with E-state index in [1.54, 1.807) is 13.1 Å². The first-order valence-electron chi connectivity index (χ1n) is 8.88. The molecule has 0 fully saturated rings. The number of aromatic nitrogens is 3. The largest absolute Gasteiger partial charge is 0.361 e. The molecule has 6 nitrogen and oxygen atoms in total. The molecule has 0 bridgehead atoms. The molecule has 1 unspecified atom stereocenters. The minimum Gasteiger partial charge on any atom is -0.361 e. The number of nitrogens with zero attached hydrogens (tertiary/aromatic N) is 4. The molecular weight excluding hydrogens is 328 g/mol. The van der Waals surface area contributed by atoms with Gasteiger partial charge in [-0.3, -0.25) is 4.79 Å². The second-order valence-corrected chi connectivity index (χ2v) is 7.01. The van der Waals surface area contributed by atoms with Gasteiger partial charge < -0.3 is 14.0 Å². The minimum atomic E-state index is -0.0558. The molecule has 0 saturated carbocycles. The molecule has 4 rings (SSSR count). The lowest BCUT2D eigenvalue weighted by molar-refractivity contribution is 0.0581. The molecule has 1 amide bonds. The van der Waals surface area contributed by atoms with Crippen molar-refractivity contribution in [3.05, 3.63) is 71.1 Å². The van der Waals surface area contributed by atoms with Gasteiger partial charge in [0.15, 0.2) is 0 Å². The number of benzene rings is 1. The Morgan fingerprint density at radius 3 is 2.77 bits per heavy atom. The highest BCUT2D eigenvalue weighted by Crippen LogP contribution is 2.32. The van der Waals surface area contributed by atoms with Gasteiger partial charge in [-0.1, -0.05) is 49.3 Å². The van der Waals surface area contributed by atoms with Crippen LogP contribution in [0.3, 0.4) is 0 Å². The van der Waals surface area contributed by atoms with Crippen molar-refractivity contribution >= 4 is 5.91 Å². The van der Waals surface area contributed by atoms with E-state index in [-0.39, 0.29) is 17.9 Å². The number of hydrogen-bond donors (Lipinski definition) is 0. The summed E-state index contributed by atoms with van der Waals surface area (Å²) in [6, 6.07) is 10.1. The van der Waals surface area contributed by atoms with Crippen LogP contribution in [0.1, 0.15) is 59.0 Å². The normalized spacial score (nSPS) is 16.8. The second-order valence-electron chi connectivity index (χ2n) is 7.01. The van der Waals surface area contributed by atoms with Crippen LogP contribution < -0.4 is 0 Å². The van der Waals surface area contributed by atoms with Gasteiger partial charge in [0.25, 0.3) is 5.91 Å². The number of imidazole rings is 1. The SMILES string of the molecule is Cc1onc(C(C)C)c1C(=O)N1Cc2nccn2CC1c1ccccc1. The first kappa shape index (κ1) is 16.6. The summed E-state index contributed by atoms with van der Waals surface area (Å²) in [5.41, 5.74) is 2.41. The fourth-order valence-corrected chi connectivity index (χ4v) is 3.57. The Morgan fingerprint density at radius 2 is 2.04 bits per heavy atom. The number of fused-ring (bicyclic) bond motifs is 1. The highest BCUT2D eigenvalue weighted by atomic mass is 16.5. The van der Waals surface area contributed by atoms with Crippen molar-refractivity contribution in [3.8, 4) is 0 Å². The summed E-state index contributed by atoms with van der Waals surface area (Å²) < 4.78 is 7.46. The number of amides is 1. The quantitative estimate of drug-likeness (QED) is 0.722. The first-order chi connectivity index (χ1) is 12.6. The van der Waals surface area contributed by atoms with Crippen molar-refractivity contribution < 1.29 is 9.32 Å². The highest BCUT2D eigenvalue weighted by Gasteiger charge is 2.35. The van der Waals surface area contributed by atoms with E-state index < -0.39 is 0 Å². The van der Waals surface area contributed by atoms with Crippen LogP contribution in [0.25, 0.3) is 0 Å². The average Bonchev–Trinajstić information content (AvgIpc) is 3.26. The van der Waals surface area contributed by atoms with Gasteiger partial charge in [0.05, 0.1) is 18.3 Å². The van der Waals surface area contributed by atoms with Gasteiger partial charge in [-0.15, -0.1) is 0 Å². The van der Waals surface area contributed by atoms with E-state index >= 15 is 0 Å². The summed E-state index contributed by atoms with van der Waals surface area (Å²) in [5.74, 6) is 1.54. The van der Waals surface area contributed by atoms with Crippen molar-refractivity contribution in [2.24, 2.45) is 0 Å². The Hall–Kier alpha value is -2.89. The Balaban J connectivity index is 1.77. The van der Waals surface area contributed by atoms with Gasteiger partial charge in [-0.2, -0.15) is 0 Å². The summed E-state index contributed by atoms with van der Waals surface area (Å²) >= 11 is 0. The van der Waals surface area contributed by atoms with Gasteiger partial charge in [-0.05, 0) is 18.4 Å². The van der Waals surface area contributed by atoms with Gasteiger partial charge in [0.1, 0.15) is 17.1 Å². The summed E-state index contributed by atoms with van der Waals surface area (Å²) in [6.07, 6.45) is 3.76. The third-order valence-corrected chi connectivity index (χ3v) is 4.95. The lowest BCUT2D eigenvalue weighted by atomic mass is 9.99. The number of carbonyl (C=O) groups is 1. The minimum absolute atomic E-state index is 0.0458. The molecular formula is C20H22N4O2. The Kier molecular flexibility index (Phi) is 4.11. The molecule has 1 aliphatic heterocycles. The molecule has 2 aromatic heterocycles. The molecule has 0 N–H and O–H groups in total. The number of hydrogen-bond acceptors (Lipinski definition) is 4. The number of rotatable bonds is 3. The first-order valence-corrected chi connectivity index (χ1v) is 8.88. The fraction of sp³-hybridized carbons (Fsp3) is 0.350. The van der Waals surface area contributed by atoms with Crippen LogP contribution in [-0.4, -0.2) is 25.5 Å². The molecule has 3 heterocycles. The van der Waals surface area contributed by atoms with E-state index in [0.717, 1.165) is 11.4 Å². The van der Waals surface area contributed by atoms with Crippen molar-refractivity contribution in [1.29, 1.82) is 0 Å². The third kappa shape index (κ3) is 2.71. The lowest BCUT2D eigenvalue weighted by Crippen LogP contribution is -2.41. The van der Waals surface area contributed by atoms with Gasteiger partial charge >= 0.3 is 0 Å². The number of aryl methyl sites for hydroxylation is 1. The standard InChI is InChI=1S/C20H22N4O2/c1-13(2)19-18(14(3)26-22-19)20(25)24-12-17-21-9-10-23(17)11-16(24)15-7-5-4-6-8-15/h4-10,13,16H,11-12H2,1-3H3. The molecule has 1 aliphatic rings. The molecule has 134 valence electrons. The summed E-state index contributed by atoms with van der Waals surface area (Å²) in [4.78, 5) is 19.8. The van der Waals surface area contributed by atoms with Crippen molar-refractivity contribution in [3.63, 3.8) is 0 Å². The van der Waals surface area contributed by atoms with E-state index in [1.165, 1.54) is 0 Å². The molecule has 3 aromatic rings. The van der Waals surface area contributed by atoms with Crippen molar-refractivity contribution in [2.75, 3.05) is 0 Å². The maximum atomic E-state index is 13.5. The zero-order valence-corrected chi connectivity index (χ0v) is 15.2. The number of carbonyl (C=O) groups excluding carboxylic acids is 1. The molecule has 1 aromatic carbocycles. The predicted octanol–water partition coefficient (Wildman–Crippen LogP) is 3.70. The van der Waals surface area contributed by atoms with Gasteiger partial charge in [-0.25, -0.2) is 4.98 Å². The van der Waals surface area contributed by atoms with E-state index in [0.29, 0.717) is 30.1 Å². The van der Waals surface area contributed by atoms with Crippen LogP contribution in [0.15, 0.2) is 47.2 Å². The van der Waals surface area contributed by atoms with Crippen LogP contribution in [0.5, 0.6) is 0 Å². The van der Waals surface area contributed by atoms with Crippen LogP contribution in [0, 0.1) is 6.92 Å². The molecule has 0 saturated heterocycles. The van der Waals surface area contributed by atoms with Crippen molar-refractivity contribution in [1.82, 2.24) is 19.6 Å². The second kappa shape index (κ2) is 6.44. The average molecular weight is 350 g/mol. The maximum absolute atomic E-state index is 13.5. The smallest absolute Gasteiger partial charge is 0.260 e. The van der Waals surface area contributed by atoms with Crippen LogP contribution in [-0.2, 0) is 13.1 Å². The van der Waals surface area contributed by atoms with Crippen LogP contribution in [0.4, 0.5) is 0 Å². The van der Waals surface area contributed by atoms with Crippen LogP contribution >= 0.6 is 0 Å². The summed E-state index contributed by atoms with van der Waals surface area (Å²) in [6.45, 7) is 6.99. The van der Waals surface area contributed by atoms with Crippen LogP contribution in [0.2, 0.25) is 0 Å². The van der Waals surface area contributed by atoms with E-state index in [9.17, 15) is 4.79 Å². The fourth-order valence-electron chi connectivity index (χ4n) is 3.57. The summed E-state index contributed by atoms with van der Waals surface area (Å²) in [5, 5.41) is 4.12. The monoisotopic (exact) mass is 350 g/mol. The lowest BCUT2D eigenvalue weighted by Gasteiger charge is -2.36. The Labute approximate surface area is 152 Å². The zero-order valence-electron chi connectivity index (χ0n) is 15.2. The topological polar surface area (TPSA) is 64.2 Å². The molecule has 26 heavy (non-hydrogen) atoms. The molecule has 0 radical (unpaired) electrons. The Bertz CT molecular complexity index is 926. The summed E-state index contributed by atoms with van der Waals surface area (Å²) in [7, 11) is 0. The van der Waals surface area contributed by atoms with Gasteiger partial charge in [0, 0.05) is 18.9 Å². The van der Waals surface area contributed by atoms with E-state index in [2.05, 4.69) is 26.8 Å². The molecule has 0 aliphatic carbocycles. The Morgan fingerprint density at radius 1 is 1.27 bits per heavy atom. The van der Waals surface area contributed by atoms with Gasteiger partial charge in [0.2, 0.25) is 0 Å². The molecule has 1 atom stereocenters. The predicted molar refractivity (Wildman–Crippen MR) is 96.6 cm³/mol. The third-order valence-electron chi connectivity index (χ3n) is 4.95.